The predicted octanol–water partition coefficient (Wildman–Crippen LogP) is 2.48. The summed E-state index contributed by atoms with van der Waals surface area (Å²) in [6, 6.07) is 4.20. The summed E-state index contributed by atoms with van der Waals surface area (Å²) in [5.74, 6) is -2.33. The molecule has 0 aliphatic carbocycles. The highest BCUT2D eigenvalue weighted by Gasteiger charge is 2.44. The summed E-state index contributed by atoms with van der Waals surface area (Å²) in [5, 5.41) is 7.98. The van der Waals surface area contributed by atoms with Gasteiger partial charge in [-0.05, 0) is 12.1 Å². The van der Waals surface area contributed by atoms with Crippen LogP contribution in [0.3, 0.4) is 0 Å². The van der Waals surface area contributed by atoms with Crippen molar-refractivity contribution >= 4 is 17.9 Å². The van der Waals surface area contributed by atoms with Crippen LogP contribution < -0.4 is 9.64 Å². The molecule has 2 aliphatic rings. The molecule has 200 valence electrons. The first-order valence-corrected chi connectivity index (χ1v) is 11.6. The van der Waals surface area contributed by atoms with Crippen molar-refractivity contribution in [3.8, 4) is 11.4 Å². The van der Waals surface area contributed by atoms with Crippen molar-refractivity contribution in [2.75, 3.05) is 45.2 Å². The van der Waals surface area contributed by atoms with E-state index < -0.39 is 35.4 Å². The van der Waals surface area contributed by atoms with E-state index in [0.29, 0.717) is 13.1 Å². The molecule has 15 heteroatoms. The maximum atomic E-state index is 14.7. The zero-order valence-electron chi connectivity index (χ0n) is 20.3. The van der Waals surface area contributed by atoms with E-state index in [-0.39, 0.29) is 42.1 Å². The molecule has 2 aliphatic heterocycles. The molecule has 2 unspecified atom stereocenters. The molecular weight excluding hydrogens is 512 g/mol. The minimum atomic E-state index is -4.88. The molecule has 4 heterocycles. The number of amides is 2. The highest BCUT2D eigenvalue weighted by molar-refractivity contribution is 5.98. The van der Waals surface area contributed by atoms with E-state index in [9.17, 15) is 27.2 Å². The highest BCUT2D eigenvalue weighted by atomic mass is 19.4. The van der Waals surface area contributed by atoms with Gasteiger partial charge in [0.15, 0.2) is 11.4 Å². The van der Waals surface area contributed by atoms with E-state index in [1.54, 1.807) is 11.0 Å². The summed E-state index contributed by atoms with van der Waals surface area (Å²) in [6.07, 6.45) is -2.20. The number of fused-ring (bicyclic) bond motifs is 1. The Bertz CT molecular complexity index is 1350. The maximum absolute atomic E-state index is 14.7. The number of ether oxygens (including phenoxy) is 1. The van der Waals surface area contributed by atoms with Gasteiger partial charge in [0.05, 0.1) is 18.6 Å². The van der Waals surface area contributed by atoms with Crippen LogP contribution in [0.15, 0.2) is 36.8 Å². The van der Waals surface area contributed by atoms with E-state index in [4.69, 9.17) is 4.74 Å². The summed E-state index contributed by atoms with van der Waals surface area (Å²) in [5.41, 5.74) is -1.30. The quantitative estimate of drug-likeness (QED) is 0.470. The molecule has 2 aromatic heterocycles. The van der Waals surface area contributed by atoms with Crippen molar-refractivity contribution in [3.63, 3.8) is 0 Å². The van der Waals surface area contributed by atoms with E-state index >= 15 is 0 Å². The van der Waals surface area contributed by atoms with Crippen LogP contribution >= 0.6 is 0 Å². The third-order valence-corrected chi connectivity index (χ3v) is 6.47. The van der Waals surface area contributed by atoms with Crippen molar-refractivity contribution in [2.24, 2.45) is 11.8 Å². The fourth-order valence-electron chi connectivity index (χ4n) is 4.69. The first kappa shape index (κ1) is 25.4. The summed E-state index contributed by atoms with van der Waals surface area (Å²) in [4.78, 5) is 38.0. The minimum Gasteiger partial charge on any atom is -0.406 e. The summed E-state index contributed by atoms with van der Waals surface area (Å²) < 4.78 is 60.5. The van der Waals surface area contributed by atoms with Crippen molar-refractivity contribution in [1.82, 2.24) is 34.8 Å². The van der Waals surface area contributed by atoms with Gasteiger partial charge in [0.2, 0.25) is 5.95 Å². The molecule has 11 nitrogen and oxygen atoms in total. The smallest absolute Gasteiger partial charge is 0.406 e. The molecular formula is C23H22F4N8O3. The van der Waals surface area contributed by atoms with E-state index in [1.807, 2.05) is 0 Å². The number of nitrogens with zero attached hydrogens (tertiary/aromatic N) is 8. The van der Waals surface area contributed by atoms with E-state index in [0.717, 1.165) is 11.1 Å². The van der Waals surface area contributed by atoms with Crippen molar-refractivity contribution in [3.05, 3.63) is 53.9 Å². The summed E-state index contributed by atoms with van der Waals surface area (Å²) in [6.45, 7) is 1.16. The minimum absolute atomic E-state index is 0.0822. The summed E-state index contributed by atoms with van der Waals surface area (Å²) in [7, 11) is 2.67. The Morgan fingerprint density at radius 2 is 1.71 bits per heavy atom. The summed E-state index contributed by atoms with van der Waals surface area (Å²) >= 11 is 0. The highest BCUT2D eigenvalue weighted by Crippen LogP contribution is 2.38. The predicted molar refractivity (Wildman–Crippen MR) is 123 cm³/mol. The number of aromatic nitrogens is 5. The first-order chi connectivity index (χ1) is 18.0. The second kappa shape index (κ2) is 9.54. The monoisotopic (exact) mass is 534 g/mol. The number of benzene rings is 1. The van der Waals surface area contributed by atoms with E-state index in [2.05, 4.69) is 20.2 Å². The number of anilines is 1. The molecule has 2 fully saturated rings. The van der Waals surface area contributed by atoms with Crippen LogP contribution in [0.5, 0.6) is 5.75 Å². The number of alkyl halides is 3. The number of hydrogen-bond acceptors (Lipinski definition) is 8. The Labute approximate surface area is 213 Å². The molecule has 2 saturated heterocycles. The van der Waals surface area contributed by atoms with Gasteiger partial charge in [-0.1, -0.05) is 6.07 Å². The zero-order chi connectivity index (χ0) is 27.2. The Morgan fingerprint density at radius 1 is 1.05 bits per heavy atom. The number of hydrogen-bond donors (Lipinski definition) is 0. The molecule has 2 amide bonds. The largest absolute Gasteiger partial charge is 0.437 e. The lowest BCUT2D eigenvalue weighted by Crippen LogP contribution is -2.35. The third-order valence-electron chi connectivity index (χ3n) is 6.47. The van der Waals surface area contributed by atoms with Crippen LogP contribution in [0.4, 0.5) is 28.3 Å². The third kappa shape index (κ3) is 4.70. The van der Waals surface area contributed by atoms with Gasteiger partial charge in [0, 0.05) is 52.1 Å². The average Bonchev–Trinajstić information content (AvgIpc) is 3.60. The number of carbonyl (C=O) groups excluding carboxylic acids is 2. The molecule has 0 radical (unpaired) electrons. The van der Waals surface area contributed by atoms with Crippen LogP contribution in [0.25, 0.3) is 5.69 Å². The van der Waals surface area contributed by atoms with Crippen molar-refractivity contribution < 1.29 is 31.9 Å². The lowest BCUT2D eigenvalue weighted by atomic mass is 10.0. The lowest BCUT2D eigenvalue weighted by Gasteiger charge is -2.23. The van der Waals surface area contributed by atoms with Crippen LogP contribution in [-0.2, 0) is 6.18 Å². The SMILES string of the molecule is CN(C)C(=O)Oc1cnc(N2CC3CN(C(=O)c4c(F)cccc4-n4nccn4)CC3C2)nc1C(F)(F)F. The number of likely N-dealkylation sites (tertiary alicyclic amines) is 1. The topological polar surface area (TPSA) is 110 Å². The lowest BCUT2D eigenvalue weighted by molar-refractivity contribution is -0.142. The van der Waals surface area contributed by atoms with Crippen LogP contribution in [-0.4, -0.2) is 87.0 Å². The second-order valence-corrected chi connectivity index (χ2v) is 9.23. The van der Waals surface area contributed by atoms with Gasteiger partial charge in [-0.2, -0.15) is 28.2 Å². The number of carbonyl (C=O) groups is 2. The average molecular weight is 534 g/mol. The van der Waals surface area contributed by atoms with Crippen LogP contribution in [0.1, 0.15) is 16.1 Å². The molecule has 38 heavy (non-hydrogen) atoms. The molecule has 0 saturated carbocycles. The molecule has 3 aromatic rings. The molecule has 2 atom stereocenters. The van der Waals surface area contributed by atoms with Crippen LogP contribution in [0, 0.1) is 17.7 Å². The van der Waals surface area contributed by atoms with Crippen LogP contribution in [0.2, 0.25) is 0 Å². The Kier molecular flexibility index (Phi) is 6.36. The number of rotatable bonds is 4. The van der Waals surface area contributed by atoms with Crippen molar-refractivity contribution in [2.45, 2.75) is 6.18 Å². The van der Waals surface area contributed by atoms with Crippen molar-refractivity contribution in [1.29, 1.82) is 0 Å². The normalized spacial score (nSPS) is 19.0. The zero-order valence-corrected chi connectivity index (χ0v) is 20.3. The Balaban J connectivity index is 1.32. The van der Waals surface area contributed by atoms with Gasteiger partial charge < -0.3 is 19.4 Å². The molecule has 0 bridgehead atoms. The van der Waals surface area contributed by atoms with E-state index in [1.165, 1.54) is 48.3 Å². The van der Waals surface area contributed by atoms with Gasteiger partial charge in [0.1, 0.15) is 17.1 Å². The Morgan fingerprint density at radius 3 is 2.32 bits per heavy atom. The molecule has 1 aromatic carbocycles. The maximum Gasteiger partial charge on any atom is 0.437 e. The van der Waals surface area contributed by atoms with Gasteiger partial charge in [-0.3, -0.25) is 4.79 Å². The molecule has 0 N–H and O–H groups in total. The van der Waals surface area contributed by atoms with Gasteiger partial charge >= 0.3 is 12.3 Å². The Hall–Kier alpha value is -4.30. The molecule has 0 spiro atoms. The number of halogens is 4. The second-order valence-electron chi connectivity index (χ2n) is 9.23. The standard InChI is InChI=1S/C23H22F4N8O3/c1-32(2)22(37)38-17-8-28-21(31-19(17)23(25,26)27)34-11-13-9-33(10-14(13)12-34)20(36)18-15(24)4-3-5-16(18)35-29-6-7-30-35/h3-8,13-14H,9-12H2,1-2H3. The fraction of sp³-hybridized carbons (Fsp3) is 0.391. The van der Waals surface area contributed by atoms with Gasteiger partial charge in [0.25, 0.3) is 5.91 Å². The van der Waals surface area contributed by atoms with Gasteiger partial charge in [-0.25, -0.2) is 19.2 Å². The first-order valence-electron chi connectivity index (χ1n) is 11.6. The van der Waals surface area contributed by atoms with Gasteiger partial charge in [-0.15, -0.1) is 0 Å². The molecule has 5 rings (SSSR count). The fourth-order valence-corrected chi connectivity index (χ4v) is 4.69.